The van der Waals surface area contributed by atoms with E-state index < -0.39 is 10.0 Å². The first kappa shape index (κ1) is 15.9. The zero-order valence-electron chi connectivity index (χ0n) is 9.57. The van der Waals surface area contributed by atoms with Crippen LogP contribution < -0.4 is 4.72 Å². The maximum Gasteiger partial charge on any atom is 0.263 e. The topological polar surface area (TPSA) is 59.1 Å². The molecule has 1 heterocycles. The van der Waals surface area contributed by atoms with Crippen LogP contribution in [0.15, 0.2) is 39.8 Å². The van der Waals surface area contributed by atoms with Crippen LogP contribution in [0.4, 0.5) is 5.69 Å². The third-order valence-electron chi connectivity index (χ3n) is 2.20. The van der Waals surface area contributed by atoms with Crippen LogP contribution in [0, 0.1) is 0 Å². The smallest absolute Gasteiger partial charge is 0.263 e. The van der Waals surface area contributed by atoms with Gasteiger partial charge in [-0.2, -0.15) is 0 Å². The van der Waals surface area contributed by atoms with Gasteiger partial charge >= 0.3 is 0 Å². The summed E-state index contributed by atoms with van der Waals surface area (Å²) < 4.78 is 27.1. The van der Waals surface area contributed by atoms with E-state index in [1.165, 1.54) is 24.3 Å². The molecule has 106 valence electrons. The van der Waals surface area contributed by atoms with Crippen molar-refractivity contribution in [3.63, 3.8) is 0 Å². The van der Waals surface area contributed by atoms with Gasteiger partial charge in [-0.25, -0.2) is 13.4 Å². The molecule has 1 aromatic heterocycles. The van der Waals surface area contributed by atoms with E-state index in [2.05, 4.69) is 25.6 Å². The van der Waals surface area contributed by atoms with E-state index in [-0.39, 0.29) is 15.7 Å². The molecule has 0 aliphatic heterocycles. The summed E-state index contributed by atoms with van der Waals surface area (Å²) in [5, 5.41) is 0.825. The molecule has 0 atom stereocenters. The fraction of sp³-hybridized carbons (Fsp3) is 0. The lowest BCUT2D eigenvalue weighted by atomic mass is 10.3. The van der Waals surface area contributed by atoms with Crippen molar-refractivity contribution in [1.82, 2.24) is 4.98 Å². The highest BCUT2D eigenvalue weighted by Gasteiger charge is 2.16. The zero-order chi connectivity index (χ0) is 14.9. The van der Waals surface area contributed by atoms with Gasteiger partial charge in [0.05, 0.1) is 10.2 Å². The molecule has 2 rings (SSSR count). The Kier molecular flexibility index (Phi) is 4.81. The molecule has 0 unspecified atom stereocenters. The summed E-state index contributed by atoms with van der Waals surface area (Å²) in [6.45, 7) is 0. The number of rotatable bonds is 3. The van der Waals surface area contributed by atoms with Crippen molar-refractivity contribution in [3.8, 4) is 0 Å². The Hall–Kier alpha value is -0.530. The Morgan fingerprint density at radius 2 is 1.65 bits per heavy atom. The Labute approximate surface area is 139 Å². The Morgan fingerprint density at radius 3 is 2.20 bits per heavy atom. The Morgan fingerprint density at radius 1 is 1.05 bits per heavy atom. The highest BCUT2D eigenvalue weighted by atomic mass is 79.9. The monoisotopic (exact) mass is 414 g/mol. The van der Waals surface area contributed by atoms with Gasteiger partial charge in [0.2, 0.25) is 0 Å². The average Bonchev–Trinajstić information content (AvgIpc) is 2.30. The summed E-state index contributed by atoms with van der Waals surface area (Å²) >= 11 is 20.5. The number of anilines is 1. The van der Waals surface area contributed by atoms with Crippen molar-refractivity contribution >= 4 is 66.4 Å². The second-order valence-electron chi connectivity index (χ2n) is 3.71. The number of nitrogens with one attached hydrogen (secondary N) is 1. The lowest BCUT2D eigenvalue weighted by Crippen LogP contribution is -2.13. The third-order valence-corrected chi connectivity index (χ3v) is 5.11. The Bertz CT molecular complexity index is 748. The molecule has 0 aliphatic rings. The number of nitrogens with zero attached hydrogens (tertiary/aromatic N) is 1. The number of halogens is 4. The van der Waals surface area contributed by atoms with Crippen LogP contribution in [-0.2, 0) is 10.0 Å². The van der Waals surface area contributed by atoms with Crippen LogP contribution in [0.1, 0.15) is 0 Å². The van der Waals surface area contributed by atoms with Gasteiger partial charge in [-0.1, -0.05) is 34.8 Å². The fourth-order valence-electron chi connectivity index (χ4n) is 1.38. The zero-order valence-corrected chi connectivity index (χ0v) is 14.2. The molecular formula is C11H6BrCl3N2O2S. The summed E-state index contributed by atoms with van der Waals surface area (Å²) in [6, 6.07) is 5.75. The van der Waals surface area contributed by atoms with Crippen molar-refractivity contribution in [2.24, 2.45) is 0 Å². The molecule has 0 saturated heterocycles. The minimum atomic E-state index is -3.80. The van der Waals surface area contributed by atoms with Crippen molar-refractivity contribution in [1.29, 1.82) is 0 Å². The van der Waals surface area contributed by atoms with Gasteiger partial charge in [-0.15, -0.1) is 0 Å². The van der Waals surface area contributed by atoms with Crippen LogP contribution in [0.2, 0.25) is 15.2 Å². The van der Waals surface area contributed by atoms with Crippen LogP contribution >= 0.6 is 50.7 Å². The third kappa shape index (κ3) is 3.77. The maximum atomic E-state index is 12.2. The van der Waals surface area contributed by atoms with E-state index in [9.17, 15) is 8.42 Å². The average molecular weight is 417 g/mol. The van der Waals surface area contributed by atoms with E-state index in [1.807, 2.05) is 0 Å². The van der Waals surface area contributed by atoms with Crippen LogP contribution in [0.25, 0.3) is 0 Å². The van der Waals surface area contributed by atoms with Crippen molar-refractivity contribution in [2.75, 3.05) is 4.72 Å². The SMILES string of the molecule is O=S(=O)(Nc1cc(Cl)cc(Cl)c1)c1cnc(Cl)c(Br)c1. The minimum absolute atomic E-state index is 0.0372. The molecule has 0 saturated carbocycles. The molecule has 1 N–H and O–H groups in total. The normalized spacial score (nSPS) is 11.4. The standard InChI is InChI=1S/C11H6BrCl3N2O2S/c12-10-4-9(5-16-11(10)15)20(18,19)17-8-2-6(13)1-7(14)3-8/h1-5,17H. The molecule has 0 fully saturated rings. The van der Waals surface area contributed by atoms with Gasteiger partial charge in [0.25, 0.3) is 10.0 Å². The first-order chi connectivity index (χ1) is 9.28. The summed E-state index contributed by atoms with van der Waals surface area (Å²) in [5.41, 5.74) is 0.258. The van der Waals surface area contributed by atoms with Crippen molar-refractivity contribution < 1.29 is 8.42 Å². The first-order valence-electron chi connectivity index (χ1n) is 5.08. The molecule has 0 bridgehead atoms. The predicted octanol–water partition coefficient (Wildman–Crippen LogP) is 4.61. The largest absolute Gasteiger partial charge is 0.279 e. The summed E-state index contributed by atoms with van der Waals surface area (Å²) in [7, 11) is -3.80. The summed E-state index contributed by atoms with van der Waals surface area (Å²) in [5.74, 6) is 0. The lowest BCUT2D eigenvalue weighted by Gasteiger charge is -2.09. The molecule has 0 spiro atoms. The second kappa shape index (κ2) is 6.07. The molecular weight excluding hydrogens is 410 g/mol. The van der Waals surface area contributed by atoms with Gasteiger partial charge in [-0.05, 0) is 40.2 Å². The maximum absolute atomic E-state index is 12.2. The molecule has 9 heteroatoms. The van der Waals surface area contributed by atoms with Crippen molar-refractivity contribution in [3.05, 3.63) is 50.1 Å². The number of hydrogen-bond acceptors (Lipinski definition) is 3. The van der Waals surface area contributed by atoms with Crippen molar-refractivity contribution in [2.45, 2.75) is 4.90 Å². The number of benzene rings is 1. The van der Waals surface area contributed by atoms with E-state index in [0.717, 1.165) is 6.20 Å². The van der Waals surface area contributed by atoms with Gasteiger partial charge in [-0.3, -0.25) is 4.72 Å². The molecule has 0 amide bonds. The molecule has 1 aromatic carbocycles. The quantitative estimate of drug-likeness (QED) is 0.744. The number of sulfonamides is 1. The summed E-state index contributed by atoms with van der Waals surface area (Å²) in [4.78, 5) is 3.73. The van der Waals surface area contributed by atoms with E-state index >= 15 is 0 Å². The lowest BCUT2D eigenvalue weighted by molar-refractivity contribution is 0.601. The molecule has 4 nitrogen and oxygen atoms in total. The minimum Gasteiger partial charge on any atom is -0.279 e. The van der Waals surface area contributed by atoms with Crippen LogP contribution in [0.3, 0.4) is 0 Å². The van der Waals surface area contributed by atoms with E-state index in [1.54, 1.807) is 0 Å². The van der Waals surface area contributed by atoms with Gasteiger partial charge < -0.3 is 0 Å². The predicted molar refractivity (Wildman–Crippen MR) is 84.2 cm³/mol. The van der Waals surface area contributed by atoms with Gasteiger partial charge in [0.15, 0.2) is 0 Å². The van der Waals surface area contributed by atoms with Gasteiger partial charge in [0.1, 0.15) is 10.0 Å². The second-order valence-corrected chi connectivity index (χ2v) is 7.47. The van der Waals surface area contributed by atoms with Gasteiger partial charge in [0, 0.05) is 16.2 Å². The molecule has 0 aliphatic carbocycles. The number of pyridine rings is 1. The molecule has 20 heavy (non-hydrogen) atoms. The fourth-order valence-corrected chi connectivity index (χ4v) is 3.52. The van der Waals surface area contributed by atoms with Crippen LogP contribution in [-0.4, -0.2) is 13.4 Å². The van der Waals surface area contributed by atoms with E-state index in [0.29, 0.717) is 14.5 Å². The number of aromatic nitrogens is 1. The van der Waals surface area contributed by atoms with E-state index in [4.69, 9.17) is 34.8 Å². The highest BCUT2D eigenvalue weighted by Crippen LogP contribution is 2.26. The highest BCUT2D eigenvalue weighted by molar-refractivity contribution is 9.10. The summed E-state index contributed by atoms with van der Waals surface area (Å²) in [6.07, 6.45) is 1.15. The first-order valence-corrected chi connectivity index (χ1v) is 8.49. The van der Waals surface area contributed by atoms with Crippen LogP contribution in [0.5, 0.6) is 0 Å². The molecule has 0 radical (unpaired) electrons. The Balaban J connectivity index is 2.37. The molecule has 2 aromatic rings. The number of hydrogen-bond donors (Lipinski definition) is 1.